The Balaban J connectivity index is 1.06. The minimum absolute atomic E-state index is 1.07. The maximum Gasteiger partial charge on any atom is 0.0546 e. The summed E-state index contributed by atoms with van der Waals surface area (Å²) in [6.45, 7) is 0. The summed E-state index contributed by atoms with van der Waals surface area (Å²) in [4.78, 5) is 5.03. The Morgan fingerprint density at radius 1 is 0.163 bits per heavy atom. The highest BCUT2D eigenvalue weighted by Gasteiger charge is 2.27. The van der Waals surface area contributed by atoms with E-state index in [-0.39, 0.29) is 0 Å². The molecule has 0 N–H and O–H groups in total. The van der Waals surface area contributed by atoms with Crippen molar-refractivity contribution in [1.29, 1.82) is 0 Å². The molecule has 0 saturated carbocycles. The average Bonchev–Trinajstić information content (AvgIpc) is 1.00. The van der Waals surface area contributed by atoms with E-state index in [9.17, 15) is 0 Å². The summed E-state index contributed by atoms with van der Waals surface area (Å²) >= 11 is 0. The van der Waals surface area contributed by atoms with Crippen LogP contribution in [0.1, 0.15) is 0 Å². The molecule has 0 aliphatic carbocycles. The lowest BCUT2D eigenvalue weighted by atomic mass is 9.84. The molecular formula is C84H56N2. The molecular weight excluding hydrogens is 1040 g/mol. The van der Waals surface area contributed by atoms with Crippen molar-refractivity contribution < 1.29 is 0 Å². The van der Waals surface area contributed by atoms with Gasteiger partial charge in [-0.3, -0.25) is 0 Å². The van der Waals surface area contributed by atoms with Gasteiger partial charge in [-0.05, 0) is 160 Å². The lowest BCUT2D eigenvalue weighted by Gasteiger charge is -2.31. The number of fused-ring (bicyclic) bond motifs is 2. The van der Waals surface area contributed by atoms with Crippen molar-refractivity contribution in [3.8, 4) is 66.8 Å². The van der Waals surface area contributed by atoms with E-state index in [4.69, 9.17) is 0 Å². The lowest BCUT2D eigenvalue weighted by Crippen LogP contribution is -2.12. The summed E-state index contributed by atoms with van der Waals surface area (Å²) in [6, 6.07) is 125. The van der Waals surface area contributed by atoms with E-state index >= 15 is 0 Å². The molecule has 402 valence electrons. The van der Waals surface area contributed by atoms with Gasteiger partial charge in [-0.15, -0.1) is 0 Å². The molecule has 86 heavy (non-hydrogen) atoms. The Morgan fingerprint density at radius 3 is 0.767 bits per heavy atom. The fourth-order valence-corrected chi connectivity index (χ4v) is 13.4. The highest BCUT2D eigenvalue weighted by Crippen LogP contribution is 2.54. The van der Waals surface area contributed by atoms with Gasteiger partial charge in [0.05, 0.1) is 11.4 Å². The second-order valence-corrected chi connectivity index (χ2v) is 22.3. The zero-order valence-electron chi connectivity index (χ0n) is 47.2. The van der Waals surface area contributed by atoms with Crippen molar-refractivity contribution >= 4 is 88.0 Å². The molecule has 0 aliphatic heterocycles. The van der Waals surface area contributed by atoms with Crippen LogP contribution in [0.25, 0.3) is 121 Å². The van der Waals surface area contributed by atoms with Gasteiger partial charge in [-0.25, -0.2) is 0 Å². The molecule has 2 nitrogen and oxygen atoms in total. The number of nitrogens with zero attached hydrogens (tertiary/aromatic N) is 2. The molecule has 16 aromatic rings. The fourth-order valence-electron chi connectivity index (χ4n) is 13.4. The highest BCUT2D eigenvalue weighted by molar-refractivity contribution is 6.33. The standard InChI is InChI=1S/C84H56N2/c1-5-23-57(24-6-1)63-35-17-39-67(51-63)85(68-40-18-36-64(52-68)58-25-7-2-8-26-58)81-55-79(73-45-21-33-61-31-13-15-43-71(61)73)75-48-50-78-82(56-80(76-47-49-77(81)83(75)84(76)78)74-46-22-34-62-32-14-16-44-72(62)74)86(69-41-19-37-65(53-69)59-27-9-3-10-28-59)70-42-20-38-66(54-70)60-29-11-4-12-30-60/h1-56H. The van der Waals surface area contributed by atoms with Crippen molar-refractivity contribution in [2.45, 2.75) is 0 Å². The van der Waals surface area contributed by atoms with Crippen LogP contribution in [0.15, 0.2) is 340 Å². The molecule has 0 aromatic heterocycles. The molecule has 0 amide bonds. The largest absolute Gasteiger partial charge is 0.310 e. The number of hydrogen-bond donors (Lipinski definition) is 0. The molecule has 2 heteroatoms. The molecule has 0 spiro atoms. The maximum absolute atomic E-state index is 2.52. The van der Waals surface area contributed by atoms with Gasteiger partial charge in [-0.1, -0.05) is 279 Å². The first-order chi connectivity index (χ1) is 42.7. The van der Waals surface area contributed by atoms with E-state index in [1.807, 2.05) is 0 Å². The predicted octanol–water partition coefficient (Wildman–Crippen LogP) is 23.8. The molecule has 0 fully saturated rings. The monoisotopic (exact) mass is 1090 g/mol. The third-order valence-electron chi connectivity index (χ3n) is 17.3. The highest BCUT2D eigenvalue weighted by atomic mass is 15.2. The summed E-state index contributed by atoms with van der Waals surface area (Å²) in [6.07, 6.45) is 0. The van der Waals surface area contributed by atoms with Crippen LogP contribution in [-0.2, 0) is 0 Å². The van der Waals surface area contributed by atoms with E-state index in [0.717, 1.165) is 67.2 Å². The summed E-state index contributed by atoms with van der Waals surface area (Å²) in [5, 5.41) is 11.9. The van der Waals surface area contributed by atoms with Gasteiger partial charge in [0.25, 0.3) is 0 Å². The van der Waals surface area contributed by atoms with Crippen LogP contribution in [0.3, 0.4) is 0 Å². The van der Waals surface area contributed by atoms with Gasteiger partial charge in [0.1, 0.15) is 0 Å². The van der Waals surface area contributed by atoms with Crippen LogP contribution < -0.4 is 9.80 Å². The van der Waals surface area contributed by atoms with Crippen molar-refractivity contribution in [1.82, 2.24) is 0 Å². The number of hydrogen-bond acceptors (Lipinski definition) is 2. The Morgan fingerprint density at radius 2 is 0.430 bits per heavy atom. The summed E-state index contributed by atoms with van der Waals surface area (Å²) in [5.41, 5.74) is 20.4. The molecule has 0 atom stereocenters. The van der Waals surface area contributed by atoms with Gasteiger partial charge in [-0.2, -0.15) is 0 Å². The lowest BCUT2D eigenvalue weighted by molar-refractivity contribution is 1.30. The van der Waals surface area contributed by atoms with Crippen LogP contribution >= 0.6 is 0 Å². The van der Waals surface area contributed by atoms with Crippen molar-refractivity contribution in [3.63, 3.8) is 0 Å². The van der Waals surface area contributed by atoms with Crippen LogP contribution in [-0.4, -0.2) is 0 Å². The maximum atomic E-state index is 2.52. The minimum atomic E-state index is 1.07. The number of rotatable bonds is 12. The Labute approximate surface area is 501 Å². The first kappa shape index (κ1) is 50.4. The second kappa shape index (κ2) is 21.5. The molecule has 0 bridgehead atoms. The van der Waals surface area contributed by atoms with Gasteiger partial charge < -0.3 is 9.80 Å². The normalized spacial score (nSPS) is 11.5. The zero-order chi connectivity index (χ0) is 56.9. The minimum Gasteiger partial charge on any atom is -0.310 e. The molecule has 0 radical (unpaired) electrons. The first-order valence-electron chi connectivity index (χ1n) is 29.6. The summed E-state index contributed by atoms with van der Waals surface area (Å²) in [5.74, 6) is 0. The fraction of sp³-hybridized carbons (Fsp3) is 0. The second-order valence-electron chi connectivity index (χ2n) is 22.3. The zero-order valence-corrected chi connectivity index (χ0v) is 47.2. The van der Waals surface area contributed by atoms with Crippen molar-refractivity contribution in [2.24, 2.45) is 0 Å². The third kappa shape index (κ3) is 8.91. The van der Waals surface area contributed by atoms with E-state index in [2.05, 4.69) is 350 Å². The van der Waals surface area contributed by atoms with Crippen LogP contribution in [0, 0.1) is 0 Å². The van der Waals surface area contributed by atoms with Gasteiger partial charge in [0, 0.05) is 44.3 Å². The van der Waals surface area contributed by atoms with E-state index in [1.165, 1.54) is 87.6 Å². The predicted molar refractivity (Wildman–Crippen MR) is 367 cm³/mol. The van der Waals surface area contributed by atoms with Crippen molar-refractivity contribution in [2.75, 3.05) is 9.80 Å². The van der Waals surface area contributed by atoms with E-state index in [1.54, 1.807) is 0 Å². The van der Waals surface area contributed by atoms with Gasteiger partial charge in [0.2, 0.25) is 0 Å². The molecule has 16 rings (SSSR count). The Bertz CT molecular complexity index is 4670. The van der Waals surface area contributed by atoms with Crippen LogP contribution in [0.5, 0.6) is 0 Å². The number of benzene rings is 16. The number of anilines is 6. The van der Waals surface area contributed by atoms with Gasteiger partial charge >= 0.3 is 0 Å². The van der Waals surface area contributed by atoms with E-state index < -0.39 is 0 Å². The quantitative estimate of drug-likeness (QED) is 0.113. The SMILES string of the molecule is c1ccc(-c2cccc(N(c3cccc(-c4ccccc4)c3)c3cc(-c4cccc5ccccc45)c4ccc5c(N(c6cccc(-c7ccccc7)c6)c6cccc(-c7ccccc7)c6)cc(-c6cccc7ccccc67)c6ccc3c4c65)c2)cc1. The summed E-state index contributed by atoms with van der Waals surface area (Å²) < 4.78 is 0. The topological polar surface area (TPSA) is 6.48 Å². The first-order valence-corrected chi connectivity index (χ1v) is 29.6. The molecule has 0 saturated heterocycles. The average molecular weight is 1090 g/mol. The van der Waals surface area contributed by atoms with Crippen LogP contribution in [0.2, 0.25) is 0 Å². The molecule has 0 heterocycles. The summed E-state index contributed by atoms with van der Waals surface area (Å²) in [7, 11) is 0. The van der Waals surface area contributed by atoms with Crippen LogP contribution in [0.4, 0.5) is 34.1 Å². The Hall–Kier alpha value is -11.3. The Kier molecular flexibility index (Phi) is 12.6. The molecule has 0 unspecified atom stereocenters. The molecule has 16 aromatic carbocycles. The third-order valence-corrected chi connectivity index (χ3v) is 17.3. The van der Waals surface area contributed by atoms with Crippen molar-refractivity contribution in [3.05, 3.63) is 340 Å². The van der Waals surface area contributed by atoms with Gasteiger partial charge in [0.15, 0.2) is 0 Å². The smallest absolute Gasteiger partial charge is 0.0546 e. The molecule has 0 aliphatic rings. The van der Waals surface area contributed by atoms with E-state index in [0.29, 0.717) is 0 Å².